The molecule has 4 heteroatoms. The Balaban J connectivity index is 1.82. The molecular formula is C17H18ClNO2. The van der Waals surface area contributed by atoms with Crippen molar-refractivity contribution in [2.75, 3.05) is 19.8 Å². The number of benzene rings is 2. The van der Waals surface area contributed by atoms with Gasteiger partial charge in [-0.2, -0.15) is 0 Å². The Morgan fingerprint density at radius 1 is 1.05 bits per heavy atom. The van der Waals surface area contributed by atoms with Gasteiger partial charge in [-0.05, 0) is 48.4 Å². The van der Waals surface area contributed by atoms with Crippen molar-refractivity contribution < 1.29 is 9.47 Å². The van der Waals surface area contributed by atoms with Crippen LogP contribution in [0.4, 0.5) is 0 Å². The second-order valence-corrected chi connectivity index (χ2v) is 5.61. The Labute approximate surface area is 129 Å². The third-order valence-electron chi connectivity index (χ3n) is 3.69. The van der Waals surface area contributed by atoms with Crippen molar-refractivity contribution in [3.63, 3.8) is 0 Å². The predicted octanol–water partition coefficient (Wildman–Crippen LogP) is 3.40. The predicted molar refractivity (Wildman–Crippen MR) is 84.4 cm³/mol. The van der Waals surface area contributed by atoms with Crippen LogP contribution in [0, 0.1) is 0 Å². The van der Waals surface area contributed by atoms with E-state index in [1.54, 1.807) is 0 Å². The highest BCUT2D eigenvalue weighted by molar-refractivity contribution is 6.30. The van der Waals surface area contributed by atoms with E-state index in [2.05, 4.69) is 12.1 Å². The molecule has 1 aliphatic rings. The van der Waals surface area contributed by atoms with Crippen LogP contribution in [-0.4, -0.2) is 19.8 Å². The van der Waals surface area contributed by atoms with Crippen LogP contribution in [0.15, 0.2) is 42.5 Å². The quantitative estimate of drug-likeness (QED) is 0.941. The Morgan fingerprint density at radius 2 is 1.86 bits per heavy atom. The standard InChI is InChI=1S/C17H18ClNO2/c18-15-3-1-2-12(9-15)8-14(11-19)13-4-5-16-17(10-13)21-7-6-20-16/h1-5,9-10,14H,6-8,11,19H2. The number of rotatable bonds is 4. The molecule has 0 radical (unpaired) electrons. The second-order valence-electron chi connectivity index (χ2n) is 5.17. The molecule has 0 fully saturated rings. The van der Waals surface area contributed by atoms with Gasteiger partial charge < -0.3 is 15.2 Å². The molecule has 1 unspecified atom stereocenters. The first-order valence-corrected chi connectivity index (χ1v) is 7.48. The van der Waals surface area contributed by atoms with Crippen molar-refractivity contribution in [1.82, 2.24) is 0 Å². The highest BCUT2D eigenvalue weighted by Crippen LogP contribution is 2.34. The largest absolute Gasteiger partial charge is 0.486 e. The Hall–Kier alpha value is -1.71. The van der Waals surface area contributed by atoms with Crippen molar-refractivity contribution >= 4 is 11.6 Å². The van der Waals surface area contributed by atoms with Gasteiger partial charge in [0.1, 0.15) is 13.2 Å². The summed E-state index contributed by atoms with van der Waals surface area (Å²) in [6.45, 7) is 1.78. The first-order valence-electron chi connectivity index (χ1n) is 7.10. The molecule has 0 spiro atoms. The molecule has 110 valence electrons. The Bertz CT molecular complexity index is 630. The minimum atomic E-state index is 0.235. The summed E-state index contributed by atoms with van der Waals surface area (Å²) >= 11 is 6.04. The molecule has 0 aliphatic carbocycles. The minimum absolute atomic E-state index is 0.235. The van der Waals surface area contributed by atoms with Crippen LogP contribution >= 0.6 is 11.6 Å². The van der Waals surface area contributed by atoms with E-state index < -0.39 is 0 Å². The van der Waals surface area contributed by atoms with Gasteiger partial charge in [-0.15, -0.1) is 0 Å². The summed E-state index contributed by atoms with van der Waals surface area (Å²) in [4.78, 5) is 0. The lowest BCUT2D eigenvalue weighted by atomic mass is 9.92. The fourth-order valence-corrected chi connectivity index (χ4v) is 2.81. The maximum absolute atomic E-state index is 6.04. The topological polar surface area (TPSA) is 44.5 Å². The van der Waals surface area contributed by atoms with E-state index in [1.165, 1.54) is 11.1 Å². The maximum atomic E-state index is 6.04. The first kappa shape index (κ1) is 14.2. The fraction of sp³-hybridized carbons (Fsp3) is 0.294. The van der Waals surface area contributed by atoms with Crippen LogP contribution in [0.2, 0.25) is 5.02 Å². The second kappa shape index (κ2) is 6.37. The molecule has 3 rings (SSSR count). The van der Waals surface area contributed by atoms with E-state index in [1.807, 2.05) is 30.3 Å². The monoisotopic (exact) mass is 303 g/mol. The molecule has 1 atom stereocenters. The van der Waals surface area contributed by atoms with Gasteiger partial charge >= 0.3 is 0 Å². The van der Waals surface area contributed by atoms with Gasteiger partial charge in [0.05, 0.1) is 0 Å². The molecule has 2 aromatic rings. The average molecular weight is 304 g/mol. The summed E-state index contributed by atoms with van der Waals surface area (Å²) in [5.74, 6) is 1.85. The summed E-state index contributed by atoms with van der Waals surface area (Å²) in [5, 5.41) is 0.755. The molecule has 0 saturated carbocycles. The SMILES string of the molecule is NCC(Cc1cccc(Cl)c1)c1ccc2c(c1)OCCO2. The van der Waals surface area contributed by atoms with E-state index in [9.17, 15) is 0 Å². The zero-order valence-electron chi connectivity index (χ0n) is 11.7. The fourth-order valence-electron chi connectivity index (χ4n) is 2.60. The summed E-state index contributed by atoms with van der Waals surface area (Å²) in [6.07, 6.45) is 0.858. The number of nitrogens with two attached hydrogens (primary N) is 1. The number of hydrogen-bond acceptors (Lipinski definition) is 3. The molecule has 3 nitrogen and oxygen atoms in total. The van der Waals surface area contributed by atoms with E-state index in [0.717, 1.165) is 22.9 Å². The highest BCUT2D eigenvalue weighted by Gasteiger charge is 2.16. The van der Waals surface area contributed by atoms with Crippen molar-refractivity contribution in [2.45, 2.75) is 12.3 Å². The summed E-state index contributed by atoms with van der Waals surface area (Å²) < 4.78 is 11.2. The van der Waals surface area contributed by atoms with Crippen LogP contribution in [0.3, 0.4) is 0 Å². The zero-order chi connectivity index (χ0) is 14.7. The summed E-state index contributed by atoms with van der Waals surface area (Å²) in [5.41, 5.74) is 8.32. The average Bonchev–Trinajstić information content (AvgIpc) is 2.52. The van der Waals surface area contributed by atoms with Crippen molar-refractivity contribution in [2.24, 2.45) is 5.73 Å². The lowest BCUT2D eigenvalue weighted by Gasteiger charge is -2.21. The summed E-state index contributed by atoms with van der Waals surface area (Å²) in [7, 11) is 0. The third-order valence-corrected chi connectivity index (χ3v) is 3.93. The smallest absolute Gasteiger partial charge is 0.161 e. The molecular weight excluding hydrogens is 286 g/mol. The highest BCUT2D eigenvalue weighted by atomic mass is 35.5. The Morgan fingerprint density at radius 3 is 2.62 bits per heavy atom. The van der Waals surface area contributed by atoms with Crippen molar-refractivity contribution in [1.29, 1.82) is 0 Å². The van der Waals surface area contributed by atoms with E-state index >= 15 is 0 Å². The van der Waals surface area contributed by atoms with Crippen LogP contribution < -0.4 is 15.2 Å². The van der Waals surface area contributed by atoms with Crippen LogP contribution in [0.25, 0.3) is 0 Å². The number of fused-ring (bicyclic) bond motifs is 1. The van der Waals surface area contributed by atoms with Crippen LogP contribution in [0.5, 0.6) is 11.5 Å². The molecule has 2 N–H and O–H groups in total. The van der Waals surface area contributed by atoms with E-state index in [-0.39, 0.29) is 5.92 Å². The van der Waals surface area contributed by atoms with Crippen molar-refractivity contribution in [3.05, 3.63) is 58.6 Å². The summed E-state index contributed by atoms with van der Waals surface area (Å²) in [6, 6.07) is 14.0. The lowest BCUT2D eigenvalue weighted by Crippen LogP contribution is -2.18. The van der Waals surface area contributed by atoms with Gasteiger partial charge in [0.2, 0.25) is 0 Å². The molecule has 2 aromatic carbocycles. The third kappa shape index (κ3) is 3.31. The first-order chi connectivity index (χ1) is 10.3. The van der Waals surface area contributed by atoms with Crippen molar-refractivity contribution in [3.8, 4) is 11.5 Å². The van der Waals surface area contributed by atoms with Gasteiger partial charge in [0.25, 0.3) is 0 Å². The molecule has 0 amide bonds. The van der Waals surface area contributed by atoms with E-state index in [4.69, 9.17) is 26.8 Å². The number of ether oxygens (including phenoxy) is 2. The van der Waals surface area contributed by atoms with Gasteiger partial charge in [-0.1, -0.05) is 29.8 Å². The van der Waals surface area contributed by atoms with Gasteiger partial charge in [-0.25, -0.2) is 0 Å². The lowest BCUT2D eigenvalue weighted by molar-refractivity contribution is 0.171. The number of hydrogen-bond donors (Lipinski definition) is 1. The maximum Gasteiger partial charge on any atom is 0.161 e. The number of halogens is 1. The Kier molecular flexibility index (Phi) is 4.32. The molecule has 21 heavy (non-hydrogen) atoms. The van der Waals surface area contributed by atoms with Crippen LogP contribution in [0.1, 0.15) is 17.0 Å². The van der Waals surface area contributed by atoms with E-state index in [0.29, 0.717) is 19.8 Å². The molecule has 0 aromatic heterocycles. The minimum Gasteiger partial charge on any atom is -0.486 e. The molecule has 1 aliphatic heterocycles. The molecule has 1 heterocycles. The normalized spacial score (nSPS) is 14.8. The van der Waals surface area contributed by atoms with Gasteiger partial charge in [-0.3, -0.25) is 0 Å². The zero-order valence-corrected chi connectivity index (χ0v) is 12.5. The van der Waals surface area contributed by atoms with Gasteiger partial charge in [0.15, 0.2) is 11.5 Å². The molecule has 0 saturated heterocycles. The van der Waals surface area contributed by atoms with Gasteiger partial charge in [0, 0.05) is 10.9 Å². The van der Waals surface area contributed by atoms with Crippen LogP contribution in [-0.2, 0) is 6.42 Å². The molecule has 0 bridgehead atoms.